The number of halogens is 2. The second-order valence-electron chi connectivity index (χ2n) is 8.78. The predicted octanol–water partition coefficient (Wildman–Crippen LogP) is 2.22. The molecule has 1 saturated heterocycles. The van der Waals surface area contributed by atoms with Crippen LogP contribution in [0.2, 0.25) is 10.0 Å². The number of aliphatic hydroxyl groups excluding tert-OH is 1. The number of esters is 1. The van der Waals surface area contributed by atoms with Crippen molar-refractivity contribution in [2.75, 3.05) is 38.3 Å². The van der Waals surface area contributed by atoms with Gasteiger partial charge in [-0.1, -0.05) is 35.3 Å². The summed E-state index contributed by atoms with van der Waals surface area (Å²) in [5.74, 6) is -0.221. The molecule has 3 N–H and O–H groups in total. The van der Waals surface area contributed by atoms with Gasteiger partial charge in [0, 0.05) is 35.9 Å². The topological polar surface area (TPSA) is 134 Å². The molecular weight excluding hydrogens is 545 g/mol. The Morgan fingerprint density at radius 3 is 2.67 bits per heavy atom. The van der Waals surface area contributed by atoms with Crippen molar-refractivity contribution in [1.82, 2.24) is 30.2 Å². The number of carbonyl (C=O) groups is 2. The minimum atomic E-state index is -1.19. The monoisotopic (exact) mass is 569 g/mol. The van der Waals surface area contributed by atoms with E-state index >= 15 is 0 Å². The third-order valence-electron chi connectivity index (χ3n) is 6.43. The summed E-state index contributed by atoms with van der Waals surface area (Å²) in [7, 11) is 1.19. The molecule has 2 aromatic carbocycles. The van der Waals surface area contributed by atoms with Gasteiger partial charge in [0.25, 0.3) is 0 Å². The van der Waals surface area contributed by atoms with E-state index in [0.29, 0.717) is 51.5 Å². The van der Waals surface area contributed by atoms with Crippen molar-refractivity contribution >= 4 is 52.1 Å². The molecule has 0 aliphatic carbocycles. The van der Waals surface area contributed by atoms with Crippen LogP contribution in [-0.4, -0.2) is 81.9 Å². The number of carbonyl (C=O) groups excluding carboxylic acids is 2. The number of hydrogen-bond acceptors (Lipinski definition) is 9. The molecule has 4 aromatic rings. The quantitative estimate of drug-likeness (QED) is 0.286. The van der Waals surface area contributed by atoms with Crippen LogP contribution in [0.4, 0.5) is 5.82 Å². The van der Waals surface area contributed by atoms with Crippen LogP contribution in [0.1, 0.15) is 0 Å². The number of aliphatic hydroxyl groups is 1. The Labute approximate surface area is 233 Å². The largest absolute Gasteiger partial charge is 0.467 e. The Morgan fingerprint density at radius 1 is 1.18 bits per heavy atom. The maximum atomic E-state index is 13.3. The average molecular weight is 570 g/mol. The van der Waals surface area contributed by atoms with Crippen LogP contribution < -0.4 is 15.5 Å². The highest BCUT2D eigenvalue weighted by molar-refractivity contribution is 6.33. The molecule has 202 valence electrons. The summed E-state index contributed by atoms with van der Waals surface area (Å²) >= 11 is 12.7. The maximum Gasteiger partial charge on any atom is 0.330 e. The highest BCUT2D eigenvalue weighted by Crippen LogP contribution is 2.35. The second kappa shape index (κ2) is 11.5. The highest BCUT2D eigenvalue weighted by atomic mass is 35.5. The fraction of sp³-hybridized carbons (Fsp3) is 0.269. The zero-order valence-corrected chi connectivity index (χ0v) is 22.4. The predicted molar refractivity (Wildman–Crippen MR) is 147 cm³/mol. The first kappa shape index (κ1) is 26.8. The molecule has 0 saturated carbocycles. The van der Waals surface area contributed by atoms with E-state index in [2.05, 4.69) is 25.3 Å². The Bertz CT molecular complexity index is 1510. The van der Waals surface area contributed by atoms with Crippen LogP contribution in [-0.2, 0) is 14.3 Å². The molecule has 1 aliphatic rings. The summed E-state index contributed by atoms with van der Waals surface area (Å²) in [6.45, 7) is 0.710. The number of amides is 1. The minimum absolute atomic E-state index is 0.284. The van der Waals surface area contributed by atoms with E-state index in [1.165, 1.54) is 13.4 Å². The first-order valence-corrected chi connectivity index (χ1v) is 12.9. The van der Waals surface area contributed by atoms with E-state index < -0.39 is 30.6 Å². The van der Waals surface area contributed by atoms with E-state index in [4.69, 9.17) is 28.2 Å². The summed E-state index contributed by atoms with van der Waals surface area (Å²) in [6.07, 6.45) is 1.42. The van der Waals surface area contributed by atoms with Gasteiger partial charge in [0.15, 0.2) is 23.0 Å². The summed E-state index contributed by atoms with van der Waals surface area (Å²) in [5.41, 5.74) is 2.43. The van der Waals surface area contributed by atoms with Gasteiger partial charge in [-0.05, 0) is 36.4 Å². The fourth-order valence-electron chi connectivity index (χ4n) is 4.53. The number of rotatable bonds is 7. The lowest BCUT2D eigenvalue weighted by molar-refractivity contribution is -0.146. The molecule has 5 rings (SSSR count). The van der Waals surface area contributed by atoms with Gasteiger partial charge < -0.3 is 25.4 Å². The van der Waals surface area contributed by atoms with Gasteiger partial charge in [0.1, 0.15) is 18.2 Å². The van der Waals surface area contributed by atoms with Crippen LogP contribution in [0.25, 0.3) is 28.2 Å². The number of piperazine rings is 1. The molecule has 2 unspecified atom stereocenters. The number of benzene rings is 2. The highest BCUT2D eigenvalue weighted by Gasteiger charge is 2.34. The van der Waals surface area contributed by atoms with Gasteiger partial charge in [-0.15, -0.1) is 0 Å². The zero-order valence-electron chi connectivity index (χ0n) is 20.8. The smallest absolute Gasteiger partial charge is 0.330 e. The molecule has 2 aromatic heterocycles. The molecule has 0 bridgehead atoms. The van der Waals surface area contributed by atoms with Crippen molar-refractivity contribution in [3.05, 3.63) is 64.9 Å². The summed E-state index contributed by atoms with van der Waals surface area (Å²) in [4.78, 5) is 41.1. The molecule has 1 fully saturated rings. The molecule has 2 atom stereocenters. The summed E-state index contributed by atoms with van der Waals surface area (Å²) in [5, 5.41) is 16.5. The molecule has 0 radical (unpaired) electrons. The lowest BCUT2D eigenvalue weighted by Crippen LogP contribution is -2.60. The van der Waals surface area contributed by atoms with Gasteiger partial charge >= 0.3 is 5.97 Å². The van der Waals surface area contributed by atoms with Crippen LogP contribution in [0, 0.1) is 0 Å². The van der Waals surface area contributed by atoms with Crippen molar-refractivity contribution in [3.63, 3.8) is 0 Å². The molecular formula is C26H25Cl2N7O4. The number of imidazole rings is 1. The van der Waals surface area contributed by atoms with Crippen molar-refractivity contribution < 1.29 is 19.4 Å². The number of ether oxygens (including phenoxy) is 1. The zero-order chi connectivity index (χ0) is 27.5. The number of nitrogens with zero attached hydrogens (tertiary/aromatic N) is 5. The van der Waals surface area contributed by atoms with E-state index in [1.54, 1.807) is 18.2 Å². The van der Waals surface area contributed by atoms with E-state index in [-0.39, 0.29) is 6.54 Å². The van der Waals surface area contributed by atoms with Gasteiger partial charge in [-0.2, -0.15) is 0 Å². The van der Waals surface area contributed by atoms with Crippen LogP contribution in [0.5, 0.6) is 0 Å². The molecule has 11 nitrogen and oxygen atoms in total. The minimum Gasteiger partial charge on any atom is -0.467 e. The number of methoxy groups -OCH3 is 1. The lowest BCUT2D eigenvalue weighted by Gasteiger charge is -2.36. The lowest BCUT2D eigenvalue weighted by atomic mass is 10.1. The Kier molecular flexibility index (Phi) is 7.94. The third-order valence-corrected chi connectivity index (χ3v) is 7.01. The Balaban J connectivity index is 1.63. The standard InChI is InChI=1S/C26H25Cl2N7O4/c1-39-26(38)19(13-36)32-25(37)20-12-29-10-11-34(20)23-21-24(31-14-30-23)35(16-8-6-15(27)7-9-16)22(33-21)17-4-2-3-5-18(17)28/h2-9,14,19-20,29,36H,10-13H2,1H3,(H,32,37). The van der Waals surface area contributed by atoms with Gasteiger partial charge in [-0.25, -0.2) is 19.7 Å². The van der Waals surface area contributed by atoms with Crippen LogP contribution >= 0.6 is 23.2 Å². The van der Waals surface area contributed by atoms with Gasteiger partial charge in [0.05, 0.1) is 18.7 Å². The Hall–Kier alpha value is -3.77. The molecule has 0 spiro atoms. The molecule has 39 heavy (non-hydrogen) atoms. The number of fused-ring (bicyclic) bond motifs is 1. The van der Waals surface area contributed by atoms with Gasteiger partial charge in [-0.3, -0.25) is 9.36 Å². The van der Waals surface area contributed by atoms with Crippen molar-refractivity contribution in [1.29, 1.82) is 0 Å². The molecule has 13 heteroatoms. The first-order chi connectivity index (χ1) is 18.9. The third kappa shape index (κ3) is 5.26. The first-order valence-electron chi connectivity index (χ1n) is 12.1. The number of nitrogens with one attached hydrogen (secondary N) is 2. The second-order valence-corrected chi connectivity index (χ2v) is 9.62. The Morgan fingerprint density at radius 2 is 1.95 bits per heavy atom. The van der Waals surface area contributed by atoms with Crippen LogP contribution in [0.3, 0.4) is 0 Å². The van der Waals surface area contributed by atoms with Crippen molar-refractivity contribution in [2.24, 2.45) is 0 Å². The number of hydrogen-bond donors (Lipinski definition) is 3. The van der Waals surface area contributed by atoms with Crippen molar-refractivity contribution in [3.8, 4) is 17.1 Å². The van der Waals surface area contributed by atoms with E-state index in [0.717, 1.165) is 5.69 Å². The molecule has 1 amide bonds. The average Bonchev–Trinajstić information content (AvgIpc) is 3.35. The molecule has 1 aliphatic heterocycles. The number of anilines is 1. The fourth-order valence-corrected chi connectivity index (χ4v) is 4.88. The normalized spacial score (nSPS) is 16.2. The van der Waals surface area contributed by atoms with Crippen LogP contribution in [0.15, 0.2) is 54.9 Å². The van der Waals surface area contributed by atoms with E-state index in [9.17, 15) is 14.7 Å². The summed E-state index contributed by atoms with van der Waals surface area (Å²) in [6, 6.07) is 12.7. The maximum absolute atomic E-state index is 13.3. The van der Waals surface area contributed by atoms with E-state index in [1.807, 2.05) is 39.8 Å². The van der Waals surface area contributed by atoms with Gasteiger partial charge in [0.2, 0.25) is 5.91 Å². The molecule has 3 heterocycles. The SMILES string of the molecule is COC(=O)C(CO)NC(=O)C1CNCCN1c1ncnc2c1nc(-c1ccccc1Cl)n2-c1ccc(Cl)cc1. The number of aromatic nitrogens is 4. The summed E-state index contributed by atoms with van der Waals surface area (Å²) < 4.78 is 6.55. The van der Waals surface area contributed by atoms with Crippen molar-refractivity contribution in [2.45, 2.75) is 12.1 Å².